The molecular weight excluding hydrogens is 473 g/mol. The van der Waals surface area contributed by atoms with Gasteiger partial charge in [-0.1, -0.05) is 35.3 Å². The second kappa shape index (κ2) is 11.1. The molecule has 0 aromatic heterocycles. The zero-order valence-electron chi connectivity index (χ0n) is 16.7. The quantitative estimate of drug-likeness (QED) is 0.162. The molecule has 0 bridgehead atoms. The largest absolute Gasteiger partial charge is 0.482 e. The summed E-state index contributed by atoms with van der Waals surface area (Å²) in [7, 11) is 0. The van der Waals surface area contributed by atoms with Crippen molar-refractivity contribution in [1.29, 1.82) is 0 Å². The number of benzene rings is 3. The van der Waals surface area contributed by atoms with E-state index in [1.54, 1.807) is 30.3 Å². The van der Waals surface area contributed by atoms with Crippen LogP contribution in [0.1, 0.15) is 15.9 Å². The van der Waals surface area contributed by atoms with Crippen LogP contribution >= 0.6 is 23.2 Å². The van der Waals surface area contributed by atoms with Crippen molar-refractivity contribution in [3.63, 3.8) is 0 Å². The predicted octanol–water partition coefficient (Wildman–Crippen LogP) is 4.65. The van der Waals surface area contributed by atoms with Gasteiger partial charge in [0.2, 0.25) is 0 Å². The average Bonchev–Trinajstić information content (AvgIpc) is 2.79. The fourth-order valence-corrected chi connectivity index (χ4v) is 2.95. The number of hydrogen-bond donors (Lipinski definition) is 1. The summed E-state index contributed by atoms with van der Waals surface area (Å²) in [6.45, 7) is -0.314. The Morgan fingerprint density at radius 2 is 1.82 bits per heavy atom. The van der Waals surface area contributed by atoms with Gasteiger partial charge in [-0.3, -0.25) is 14.9 Å². The highest BCUT2D eigenvalue weighted by Gasteiger charge is 2.12. The Balaban J connectivity index is 1.53. The number of esters is 1. The van der Waals surface area contributed by atoms with Crippen molar-refractivity contribution >= 4 is 47.0 Å². The maximum atomic E-state index is 12.2. The van der Waals surface area contributed by atoms with E-state index in [1.807, 2.05) is 0 Å². The van der Waals surface area contributed by atoms with Gasteiger partial charge in [-0.05, 0) is 48.0 Å². The number of halogens is 2. The zero-order chi connectivity index (χ0) is 23.8. The molecule has 33 heavy (non-hydrogen) atoms. The minimum Gasteiger partial charge on any atom is -0.482 e. The highest BCUT2D eigenvalue weighted by Crippen LogP contribution is 2.27. The molecule has 0 fully saturated rings. The van der Waals surface area contributed by atoms with Gasteiger partial charge in [-0.2, -0.15) is 5.10 Å². The third kappa shape index (κ3) is 7.03. The molecule has 0 saturated heterocycles. The van der Waals surface area contributed by atoms with Gasteiger partial charge in [-0.25, -0.2) is 10.2 Å². The molecule has 11 heteroatoms. The summed E-state index contributed by atoms with van der Waals surface area (Å²) in [5.41, 5.74) is 2.88. The van der Waals surface area contributed by atoms with Crippen molar-refractivity contribution in [3.05, 3.63) is 98.0 Å². The number of nitrogens with zero attached hydrogens (tertiary/aromatic N) is 2. The smallest absolute Gasteiger partial charge is 0.343 e. The number of non-ortho nitro benzene ring substituents is 1. The second-order valence-corrected chi connectivity index (χ2v) is 7.27. The molecular formula is C22H15Cl2N3O6. The summed E-state index contributed by atoms with van der Waals surface area (Å²) >= 11 is 11.8. The van der Waals surface area contributed by atoms with Crippen molar-refractivity contribution in [2.24, 2.45) is 5.10 Å². The van der Waals surface area contributed by atoms with Crippen LogP contribution in [0.4, 0.5) is 5.69 Å². The molecule has 0 heterocycles. The number of hydrogen-bond acceptors (Lipinski definition) is 7. The molecule has 9 nitrogen and oxygen atoms in total. The molecule has 0 atom stereocenters. The first-order valence-electron chi connectivity index (χ1n) is 9.28. The number of amides is 1. The third-order valence-electron chi connectivity index (χ3n) is 4.04. The van der Waals surface area contributed by atoms with Crippen LogP contribution in [0.15, 0.2) is 71.8 Å². The number of carbonyl (C=O) groups is 2. The molecule has 0 unspecified atom stereocenters. The van der Waals surface area contributed by atoms with Gasteiger partial charge < -0.3 is 9.47 Å². The Labute approximate surface area is 197 Å². The Bertz CT molecular complexity index is 1220. The number of nitrogens with one attached hydrogen (secondary N) is 1. The average molecular weight is 488 g/mol. The van der Waals surface area contributed by atoms with E-state index in [2.05, 4.69) is 10.5 Å². The van der Waals surface area contributed by atoms with Crippen LogP contribution in [-0.4, -0.2) is 29.6 Å². The molecule has 0 aliphatic rings. The Morgan fingerprint density at radius 3 is 2.52 bits per heavy atom. The standard InChI is InChI=1S/C22H15Cl2N3O6/c23-16-6-9-20(19(24)11-16)32-13-21(28)26-25-12-14-2-1-3-18(10-14)33-22(29)15-4-7-17(8-5-15)27(30)31/h1-12H,13H2,(H,26,28). The Kier molecular flexibility index (Phi) is 7.96. The summed E-state index contributed by atoms with van der Waals surface area (Å²) in [6, 6.07) is 16.1. The van der Waals surface area contributed by atoms with E-state index < -0.39 is 16.8 Å². The van der Waals surface area contributed by atoms with Gasteiger partial charge in [-0.15, -0.1) is 0 Å². The van der Waals surface area contributed by atoms with Gasteiger partial charge in [0.15, 0.2) is 6.61 Å². The molecule has 1 N–H and O–H groups in total. The highest BCUT2D eigenvalue weighted by molar-refractivity contribution is 6.35. The van der Waals surface area contributed by atoms with E-state index in [9.17, 15) is 19.7 Å². The van der Waals surface area contributed by atoms with Crippen LogP contribution in [0.2, 0.25) is 10.0 Å². The molecule has 0 radical (unpaired) electrons. The van der Waals surface area contributed by atoms with Crippen LogP contribution in [0.25, 0.3) is 0 Å². The van der Waals surface area contributed by atoms with E-state index in [0.717, 1.165) is 0 Å². The van der Waals surface area contributed by atoms with Crippen LogP contribution < -0.4 is 14.9 Å². The van der Waals surface area contributed by atoms with Gasteiger partial charge in [0.05, 0.1) is 21.7 Å². The molecule has 0 spiro atoms. The molecule has 0 aliphatic carbocycles. The summed E-state index contributed by atoms with van der Waals surface area (Å²) in [5, 5.41) is 15.3. The van der Waals surface area contributed by atoms with Crippen molar-refractivity contribution in [3.8, 4) is 11.5 Å². The lowest BCUT2D eigenvalue weighted by molar-refractivity contribution is -0.384. The van der Waals surface area contributed by atoms with Crippen molar-refractivity contribution in [1.82, 2.24) is 5.43 Å². The monoisotopic (exact) mass is 487 g/mol. The van der Waals surface area contributed by atoms with Crippen LogP contribution in [0.5, 0.6) is 11.5 Å². The minimum atomic E-state index is -0.676. The molecule has 0 saturated carbocycles. The summed E-state index contributed by atoms with van der Waals surface area (Å²) in [5.74, 6) is -0.652. The molecule has 0 aliphatic heterocycles. The fraction of sp³-hybridized carbons (Fsp3) is 0.0455. The van der Waals surface area contributed by atoms with E-state index in [4.69, 9.17) is 32.7 Å². The number of nitro benzene ring substituents is 1. The molecule has 1 amide bonds. The normalized spacial score (nSPS) is 10.6. The van der Waals surface area contributed by atoms with Crippen molar-refractivity contribution in [2.45, 2.75) is 0 Å². The molecule has 168 valence electrons. The Hall–Kier alpha value is -3.95. The maximum absolute atomic E-state index is 12.2. The highest BCUT2D eigenvalue weighted by atomic mass is 35.5. The first-order valence-corrected chi connectivity index (χ1v) is 10.0. The lowest BCUT2D eigenvalue weighted by atomic mass is 10.2. The van der Waals surface area contributed by atoms with Crippen LogP contribution in [0.3, 0.4) is 0 Å². The lowest BCUT2D eigenvalue weighted by Gasteiger charge is -2.07. The van der Waals surface area contributed by atoms with E-state index >= 15 is 0 Å². The van der Waals surface area contributed by atoms with Crippen LogP contribution in [0, 0.1) is 10.1 Å². The number of ether oxygens (including phenoxy) is 2. The fourth-order valence-electron chi connectivity index (χ4n) is 2.49. The predicted molar refractivity (Wildman–Crippen MR) is 122 cm³/mol. The van der Waals surface area contributed by atoms with E-state index in [-0.39, 0.29) is 28.6 Å². The van der Waals surface area contributed by atoms with Gasteiger partial charge in [0, 0.05) is 17.2 Å². The molecule has 3 aromatic rings. The first-order chi connectivity index (χ1) is 15.8. The number of hydrazone groups is 1. The SMILES string of the molecule is O=C(COc1ccc(Cl)cc1Cl)NN=Cc1cccc(OC(=O)c2ccc([N+](=O)[O-])cc2)c1. The lowest BCUT2D eigenvalue weighted by Crippen LogP contribution is -2.24. The first kappa shape index (κ1) is 23.7. The molecule has 3 rings (SSSR count). The van der Waals surface area contributed by atoms with Gasteiger partial charge >= 0.3 is 5.97 Å². The van der Waals surface area contributed by atoms with Crippen LogP contribution in [-0.2, 0) is 4.79 Å². The maximum Gasteiger partial charge on any atom is 0.343 e. The summed E-state index contributed by atoms with van der Waals surface area (Å²) in [6.07, 6.45) is 1.36. The van der Waals surface area contributed by atoms with Gasteiger partial charge in [0.1, 0.15) is 11.5 Å². The van der Waals surface area contributed by atoms with E-state index in [1.165, 1.54) is 42.6 Å². The number of carbonyl (C=O) groups excluding carboxylic acids is 2. The topological polar surface area (TPSA) is 120 Å². The molecule has 3 aromatic carbocycles. The summed E-state index contributed by atoms with van der Waals surface area (Å²) < 4.78 is 10.6. The van der Waals surface area contributed by atoms with Gasteiger partial charge in [0.25, 0.3) is 11.6 Å². The van der Waals surface area contributed by atoms with Crippen molar-refractivity contribution in [2.75, 3.05) is 6.61 Å². The Morgan fingerprint density at radius 1 is 1.06 bits per heavy atom. The third-order valence-corrected chi connectivity index (χ3v) is 4.57. The second-order valence-electron chi connectivity index (χ2n) is 6.42. The van der Waals surface area contributed by atoms with Crippen molar-refractivity contribution < 1.29 is 24.0 Å². The number of nitro groups is 1. The zero-order valence-corrected chi connectivity index (χ0v) is 18.2. The summed E-state index contributed by atoms with van der Waals surface area (Å²) in [4.78, 5) is 34.3. The minimum absolute atomic E-state index is 0.131. The van der Waals surface area contributed by atoms with E-state index in [0.29, 0.717) is 16.3 Å². The number of rotatable bonds is 8.